The maximum absolute atomic E-state index is 2.76. The van der Waals surface area contributed by atoms with Crippen molar-refractivity contribution in [1.82, 2.24) is 9.47 Å². The fourth-order valence-electron chi connectivity index (χ4n) is 10.0. The summed E-state index contributed by atoms with van der Waals surface area (Å²) in [7, 11) is 8.36. The van der Waals surface area contributed by atoms with Gasteiger partial charge in [-0.05, 0) is 23.8 Å². The van der Waals surface area contributed by atoms with Crippen LogP contribution in [0, 0.1) is 0 Å². The first-order chi connectivity index (χ1) is 25.9. The molecular weight excluding hydrogens is 653 g/mol. The van der Waals surface area contributed by atoms with E-state index in [1.54, 1.807) is 0 Å². The Hall–Kier alpha value is -6.54. The normalized spacial score (nSPS) is 23.7. The van der Waals surface area contributed by atoms with E-state index in [1.807, 2.05) is 0 Å². The predicted octanol–water partition coefficient (Wildman–Crippen LogP) is 3.41. The predicted molar refractivity (Wildman–Crippen MR) is 198 cm³/mol. The Morgan fingerprint density at radius 1 is 0.509 bits per heavy atom. The Labute approximate surface area is 307 Å². The molecule has 12 rings (SSSR count). The Morgan fingerprint density at radius 3 is 1.57 bits per heavy atom. The summed E-state index contributed by atoms with van der Waals surface area (Å²) < 4.78 is 16.5. The second-order valence-corrected chi connectivity index (χ2v) is 15.2. The summed E-state index contributed by atoms with van der Waals surface area (Å²) in [6.07, 6.45) is 31.8. The number of aryl methyl sites for hydroxylation is 4. The van der Waals surface area contributed by atoms with Crippen LogP contribution in [-0.2, 0) is 34.1 Å². The lowest BCUT2D eigenvalue weighted by atomic mass is 9.83. The molecule has 0 radical (unpaired) electrons. The zero-order chi connectivity index (χ0) is 35.3. The van der Waals surface area contributed by atoms with Gasteiger partial charge in [0.05, 0.1) is 45.8 Å². The van der Waals surface area contributed by atoms with Crippen molar-refractivity contribution in [3.05, 3.63) is 197 Å². The van der Waals surface area contributed by atoms with Gasteiger partial charge in [-0.3, -0.25) is 0 Å². The molecule has 1 spiro atoms. The van der Waals surface area contributed by atoms with Crippen LogP contribution >= 0.6 is 0 Å². The molecule has 0 N–H and O–H groups in total. The number of nitrogens with zero attached hydrogens (tertiary/aromatic N) is 8. The van der Waals surface area contributed by atoms with E-state index in [0.29, 0.717) is 0 Å². The molecule has 0 aliphatic carbocycles. The summed E-state index contributed by atoms with van der Waals surface area (Å²) in [5, 5.41) is 0. The Balaban J connectivity index is 1.27. The van der Waals surface area contributed by atoms with Crippen molar-refractivity contribution in [3.63, 3.8) is 0 Å². The first-order valence-corrected chi connectivity index (χ1v) is 18.4. The van der Waals surface area contributed by atoms with Gasteiger partial charge in [-0.2, -0.15) is 4.57 Å². The van der Waals surface area contributed by atoms with E-state index < -0.39 is 5.91 Å². The average molecular weight is 691 g/mol. The van der Waals surface area contributed by atoms with Crippen LogP contribution < -0.4 is 18.3 Å². The standard InChI is InChI=1S/C45H38N8/c1-46-21-13-29(14-22-46)41-33-5-7-35-42(30-15-23-47(2)24-16-30)37-9-11-39-44(32-19-27-49(4)28-20-32)40-12-10-38-43(31-17-25-48(3)26-18-31)36-8-6-34(41)51(36)45(50(33)35,52(37)39)53(38)40/h5-28,33,41H,1-4H3/q+6/t33?,41?,45-/m1/s1. The van der Waals surface area contributed by atoms with Crippen LogP contribution in [0.1, 0.15) is 39.6 Å². The van der Waals surface area contributed by atoms with Crippen LogP contribution in [0.4, 0.5) is 0 Å². The molecule has 12 heterocycles. The van der Waals surface area contributed by atoms with Crippen LogP contribution in [0.25, 0.3) is 16.7 Å². The van der Waals surface area contributed by atoms with Gasteiger partial charge in [-0.25, -0.2) is 23.2 Å². The number of hydrogen-bond acceptors (Lipinski definition) is 1. The second-order valence-electron chi connectivity index (χ2n) is 15.2. The summed E-state index contributed by atoms with van der Waals surface area (Å²) in [5.41, 5.74) is 17.4. The van der Waals surface area contributed by atoms with Crippen LogP contribution in [0.5, 0.6) is 0 Å². The number of hydrogen-bond donors (Lipinski definition) is 0. The van der Waals surface area contributed by atoms with Gasteiger partial charge in [-0.15, -0.1) is 0 Å². The van der Waals surface area contributed by atoms with Crippen molar-refractivity contribution >= 4 is 28.1 Å². The zero-order valence-corrected chi connectivity index (χ0v) is 30.1. The average Bonchev–Trinajstić information content (AvgIpc) is 3.99. The van der Waals surface area contributed by atoms with Crippen molar-refractivity contribution in [2.45, 2.75) is 17.9 Å². The molecule has 8 heteroatoms. The molecule has 0 fully saturated rings. The van der Waals surface area contributed by atoms with E-state index in [9.17, 15) is 0 Å². The number of allylic oxidation sites excluding steroid dienone is 6. The lowest BCUT2D eigenvalue weighted by molar-refractivity contribution is -0.858. The molecule has 3 atom stereocenters. The molecule has 0 amide bonds. The van der Waals surface area contributed by atoms with Gasteiger partial charge in [-0.1, -0.05) is 15.2 Å². The summed E-state index contributed by atoms with van der Waals surface area (Å²) in [5.74, 6) is -0.625. The van der Waals surface area contributed by atoms with Crippen molar-refractivity contribution in [2.75, 3.05) is 0 Å². The fraction of sp³-hybridized carbons (Fsp3) is 0.156. The third-order valence-corrected chi connectivity index (χ3v) is 12.3. The van der Waals surface area contributed by atoms with Crippen molar-refractivity contribution in [3.8, 4) is 0 Å². The van der Waals surface area contributed by atoms with Crippen LogP contribution in [0.2, 0.25) is 0 Å². The van der Waals surface area contributed by atoms with Gasteiger partial charge >= 0.3 is 5.91 Å². The van der Waals surface area contributed by atoms with Gasteiger partial charge in [0.15, 0.2) is 49.6 Å². The lowest BCUT2D eigenvalue weighted by Gasteiger charge is -2.49. The second kappa shape index (κ2) is 9.86. The SMILES string of the molecule is C[n+]1ccc(C2=C3C=CC4C(c5cc[n+](C)cc5)C5=[N+]6C(=C(c7cc[n+](C)cc7)c7ccc8n7[C@@]6(N34)[N+]3=C2C=CC3=C8c2cc[n+](C)cc2)C=C5)cc1. The van der Waals surface area contributed by atoms with E-state index in [4.69, 9.17) is 0 Å². The number of aromatic nitrogens is 5. The molecule has 0 saturated carbocycles. The van der Waals surface area contributed by atoms with E-state index in [0.717, 1.165) is 0 Å². The Morgan fingerprint density at radius 2 is 1.00 bits per heavy atom. The highest BCUT2D eigenvalue weighted by Gasteiger charge is 2.78. The van der Waals surface area contributed by atoms with Gasteiger partial charge in [0.1, 0.15) is 28.2 Å². The number of rotatable bonds is 4. The van der Waals surface area contributed by atoms with E-state index in [2.05, 4.69) is 212 Å². The smallest absolute Gasteiger partial charge is 0.222 e. The zero-order valence-electron chi connectivity index (χ0n) is 30.1. The third-order valence-electron chi connectivity index (χ3n) is 12.3. The highest BCUT2D eigenvalue weighted by Crippen LogP contribution is 2.60. The summed E-state index contributed by atoms with van der Waals surface area (Å²) in [6, 6.07) is 23.0. The molecular formula is C45H38N8+6. The van der Waals surface area contributed by atoms with Gasteiger partial charge < -0.3 is 0 Å². The van der Waals surface area contributed by atoms with Crippen LogP contribution in [0.15, 0.2) is 164 Å². The lowest BCUT2D eigenvalue weighted by Crippen LogP contribution is -2.73. The van der Waals surface area contributed by atoms with Crippen molar-refractivity contribution < 1.29 is 27.4 Å². The highest BCUT2D eigenvalue weighted by molar-refractivity contribution is 6.29. The van der Waals surface area contributed by atoms with Crippen LogP contribution in [0.3, 0.4) is 0 Å². The minimum Gasteiger partial charge on any atom is -0.222 e. The van der Waals surface area contributed by atoms with Gasteiger partial charge in [0, 0.05) is 89.5 Å². The quantitative estimate of drug-likeness (QED) is 0.266. The van der Waals surface area contributed by atoms with E-state index >= 15 is 0 Å². The molecule has 0 bridgehead atoms. The molecule has 5 aromatic heterocycles. The summed E-state index contributed by atoms with van der Waals surface area (Å²) >= 11 is 0. The van der Waals surface area contributed by atoms with E-state index in [-0.39, 0.29) is 12.0 Å². The first kappa shape index (κ1) is 29.1. The summed E-state index contributed by atoms with van der Waals surface area (Å²) in [6.45, 7) is 0. The maximum Gasteiger partial charge on any atom is 0.549 e. The van der Waals surface area contributed by atoms with Crippen molar-refractivity contribution in [1.29, 1.82) is 0 Å². The molecule has 7 aliphatic rings. The molecule has 5 aromatic rings. The van der Waals surface area contributed by atoms with Crippen molar-refractivity contribution in [2.24, 2.45) is 28.2 Å². The first-order valence-electron chi connectivity index (χ1n) is 18.4. The molecule has 53 heavy (non-hydrogen) atoms. The monoisotopic (exact) mass is 690 g/mol. The van der Waals surface area contributed by atoms with E-state index in [1.165, 1.54) is 78.9 Å². The molecule has 8 nitrogen and oxygen atoms in total. The van der Waals surface area contributed by atoms with Crippen LogP contribution in [-0.4, -0.2) is 36.1 Å². The molecule has 252 valence electrons. The summed E-state index contributed by atoms with van der Waals surface area (Å²) in [4.78, 5) is 2.76. The Kier molecular flexibility index (Phi) is 5.41. The number of pyridine rings is 4. The minimum atomic E-state index is -0.731. The Bertz CT molecular complexity index is 2770. The topological polar surface area (TPSA) is 29.7 Å². The molecule has 0 saturated heterocycles. The third kappa shape index (κ3) is 3.46. The minimum absolute atomic E-state index is 0.0731. The molecule has 2 unspecified atom stereocenters. The molecule has 0 aromatic carbocycles. The maximum atomic E-state index is 2.76. The van der Waals surface area contributed by atoms with Gasteiger partial charge in [0.2, 0.25) is 22.8 Å². The highest BCUT2D eigenvalue weighted by atomic mass is 15.7. The fourth-order valence-corrected chi connectivity index (χ4v) is 10.0. The largest absolute Gasteiger partial charge is 0.549 e. The van der Waals surface area contributed by atoms with Gasteiger partial charge in [0.25, 0.3) is 0 Å². The molecule has 7 aliphatic heterocycles.